The van der Waals surface area contributed by atoms with Gasteiger partial charge in [-0.05, 0) is 51.4 Å². The van der Waals surface area contributed by atoms with E-state index in [0.717, 1.165) is 51.4 Å². The van der Waals surface area contributed by atoms with Crippen molar-refractivity contribution >= 4 is 19.8 Å². The third kappa shape index (κ3) is 27.2. The van der Waals surface area contributed by atoms with Crippen molar-refractivity contribution < 1.29 is 67.8 Å². The second kappa shape index (κ2) is 35.7. The van der Waals surface area contributed by atoms with Crippen LogP contribution < -0.4 is 0 Å². The van der Waals surface area contributed by atoms with Crippen LogP contribution in [-0.4, -0.2) is 111 Å². The van der Waals surface area contributed by atoms with Crippen LogP contribution >= 0.6 is 7.82 Å². The zero-order chi connectivity index (χ0) is 46.8. The van der Waals surface area contributed by atoms with Gasteiger partial charge < -0.3 is 44.6 Å². The maximum Gasteiger partial charge on any atom is 0.472 e. The number of carbonyl (C=O) groups is 2. The summed E-state index contributed by atoms with van der Waals surface area (Å²) in [4.78, 5) is 35.7. The topological polar surface area (TPSA) is 222 Å². The summed E-state index contributed by atoms with van der Waals surface area (Å²) in [5.74, 6) is -1.20. The highest BCUT2D eigenvalue weighted by atomic mass is 31.2. The molecule has 15 heteroatoms. The molecule has 1 aliphatic heterocycles. The number of carbonyl (C=O) groups excluding carboxylic acids is 2. The van der Waals surface area contributed by atoms with E-state index in [4.69, 9.17) is 23.3 Å². The number of aliphatic hydroxyl groups excluding tert-OH is 5. The first kappa shape index (κ1) is 57.6. The smallest absolute Gasteiger partial charge is 0.462 e. The maximum atomic E-state index is 12.8. The van der Waals surface area contributed by atoms with E-state index >= 15 is 0 Å². The molecule has 0 aromatic carbocycles. The molecule has 1 aliphatic carbocycles. The summed E-state index contributed by atoms with van der Waals surface area (Å²) in [6, 6.07) is 0. The number of phosphoric ester groups is 1. The van der Waals surface area contributed by atoms with Crippen molar-refractivity contribution in [2.24, 2.45) is 0 Å². The minimum atomic E-state index is -5.14. The Kier molecular flexibility index (Phi) is 32.1. The van der Waals surface area contributed by atoms with Gasteiger partial charge >= 0.3 is 19.8 Å². The van der Waals surface area contributed by atoms with Crippen LogP contribution in [0.5, 0.6) is 0 Å². The first-order valence-electron chi connectivity index (χ1n) is 24.2. The van der Waals surface area contributed by atoms with Gasteiger partial charge in [-0.3, -0.25) is 18.6 Å². The Hall–Kier alpha value is -2.49. The monoisotopic (exact) mass is 927 g/mol. The zero-order valence-electron chi connectivity index (χ0n) is 38.8. The maximum absolute atomic E-state index is 12.8. The Morgan fingerprint density at radius 1 is 0.562 bits per heavy atom. The van der Waals surface area contributed by atoms with Gasteiger partial charge in [-0.25, -0.2) is 4.57 Å². The third-order valence-corrected chi connectivity index (χ3v) is 12.3. The average Bonchev–Trinajstić information content (AvgIpc) is 4.05. The van der Waals surface area contributed by atoms with Crippen LogP contribution in [0.25, 0.3) is 0 Å². The van der Waals surface area contributed by atoms with Crippen molar-refractivity contribution in [2.75, 3.05) is 13.2 Å². The molecular weight excluding hydrogens is 843 g/mol. The Morgan fingerprint density at radius 2 is 1.02 bits per heavy atom. The highest BCUT2D eigenvalue weighted by Crippen LogP contribution is 2.47. The van der Waals surface area contributed by atoms with Gasteiger partial charge in [-0.15, -0.1) is 0 Å². The number of aliphatic hydroxyl groups is 5. The summed E-state index contributed by atoms with van der Waals surface area (Å²) < 4.78 is 39.0. The predicted molar refractivity (Wildman–Crippen MR) is 248 cm³/mol. The average molecular weight is 927 g/mol. The number of phosphoric acid groups is 1. The molecule has 1 saturated heterocycles. The molecule has 0 bridgehead atoms. The molecule has 8 atom stereocenters. The van der Waals surface area contributed by atoms with Crippen molar-refractivity contribution in [3.05, 3.63) is 60.8 Å². The van der Waals surface area contributed by atoms with Gasteiger partial charge in [0.1, 0.15) is 43.2 Å². The molecule has 64 heavy (non-hydrogen) atoms. The van der Waals surface area contributed by atoms with E-state index in [1.807, 2.05) is 18.2 Å². The van der Waals surface area contributed by atoms with Crippen LogP contribution in [-0.2, 0) is 37.4 Å². The molecule has 2 fully saturated rings. The van der Waals surface area contributed by atoms with Gasteiger partial charge in [-0.1, -0.05) is 164 Å². The molecule has 0 spiro atoms. The fourth-order valence-corrected chi connectivity index (χ4v) is 8.29. The summed E-state index contributed by atoms with van der Waals surface area (Å²) in [6.45, 7) is 3.14. The number of epoxide rings is 1. The SMILES string of the molecule is CCCCCCCCCCCCCCCCCC(=O)OCC(COP(=O)(O)OC1C(O)C(O)C(O)C(O)C1O)OC(=O)CC/C=C/C/C=C/C/C=C/C/C=C/C/C=C/CC1OC1CC. The van der Waals surface area contributed by atoms with E-state index in [1.54, 1.807) is 0 Å². The van der Waals surface area contributed by atoms with E-state index in [9.17, 15) is 44.6 Å². The molecule has 1 heterocycles. The van der Waals surface area contributed by atoms with Crippen LogP contribution in [0.4, 0.5) is 0 Å². The van der Waals surface area contributed by atoms with Crippen LogP contribution in [0.3, 0.4) is 0 Å². The second-order valence-electron chi connectivity index (χ2n) is 17.0. The lowest BCUT2D eigenvalue weighted by Gasteiger charge is -2.41. The van der Waals surface area contributed by atoms with Crippen LogP contribution in [0, 0.1) is 0 Å². The van der Waals surface area contributed by atoms with Gasteiger partial charge in [0, 0.05) is 12.8 Å². The first-order chi connectivity index (χ1) is 30.9. The van der Waals surface area contributed by atoms with E-state index in [-0.39, 0.29) is 12.8 Å². The molecule has 0 radical (unpaired) electrons. The Bertz CT molecular complexity index is 1420. The summed E-state index contributed by atoms with van der Waals surface area (Å²) in [5, 5.41) is 50.2. The van der Waals surface area contributed by atoms with Crippen molar-refractivity contribution in [3.8, 4) is 0 Å². The lowest BCUT2D eigenvalue weighted by atomic mass is 9.85. The first-order valence-corrected chi connectivity index (χ1v) is 25.7. The number of rotatable bonds is 38. The fourth-order valence-electron chi connectivity index (χ4n) is 7.32. The lowest BCUT2D eigenvalue weighted by Crippen LogP contribution is -2.64. The molecule has 8 unspecified atom stereocenters. The number of unbranched alkanes of at least 4 members (excludes halogenated alkanes) is 14. The van der Waals surface area contributed by atoms with Crippen molar-refractivity contribution in [1.82, 2.24) is 0 Å². The van der Waals surface area contributed by atoms with Crippen LogP contribution in [0.15, 0.2) is 60.8 Å². The quantitative estimate of drug-likeness (QED) is 0.0112. The van der Waals surface area contributed by atoms with Gasteiger partial charge in [0.05, 0.1) is 18.8 Å². The standard InChI is InChI=1S/C49H83O14P/c1-3-5-6-7-8-9-10-11-13-17-20-23-26-29-32-35-42(50)59-37-39(38-60-64(57,58)63-49-47(55)45(53)44(52)46(54)48(49)56)61-43(51)36-33-30-27-24-21-18-15-12-14-16-19-22-25-28-31-34-41-40(4-2)62-41/h12,14,18-19,21-22,27-28,30-31,39-41,44-49,52-56H,3-11,13,15-17,20,23-26,29,32-38H2,1-2H3,(H,57,58)/b14-12+,21-18+,22-19+,30-27+,31-28+. The van der Waals surface area contributed by atoms with Gasteiger partial charge in [0.2, 0.25) is 0 Å². The summed E-state index contributed by atoms with van der Waals surface area (Å²) >= 11 is 0. The molecule has 0 amide bonds. The van der Waals surface area contributed by atoms with E-state index in [2.05, 4.69) is 56.4 Å². The van der Waals surface area contributed by atoms with Crippen molar-refractivity contribution in [3.63, 3.8) is 0 Å². The molecule has 0 aromatic heterocycles. The Labute approximate surface area is 383 Å². The zero-order valence-corrected chi connectivity index (χ0v) is 39.6. The molecule has 6 N–H and O–H groups in total. The minimum Gasteiger partial charge on any atom is -0.462 e. The Morgan fingerprint density at radius 3 is 1.50 bits per heavy atom. The normalized spacial score (nSPS) is 25.2. The molecule has 0 aromatic rings. The number of ether oxygens (including phenoxy) is 3. The molecule has 2 rings (SSSR count). The van der Waals surface area contributed by atoms with Gasteiger partial charge in [0.25, 0.3) is 0 Å². The number of hydrogen-bond acceptors (Lipinski definition) is 13. The summed E-state index contributed by atoms with van der Waals surface area (Å²) in [6.07, 6.45) is 31.9. The van der Waals surface area contributed by atoms with Crippen LogP contribution in [0.1, 0.15) is 168 Å². The van der Waals surface area contributed by atoms with Crippen LogP contribution in [0.2, 0.25) is 0 Å². The molecule has 368 valence electrons. The van der Waals surface area contributed by atoms with Crippen molar-refractivity contribution in [1.29, 1.82) is 0 Å². The van der Waals surface area contributed by atoms with Gasteiger partial charge in [-0.2, -0.15) is 0 Å². The molecular formula is C49H83O14P. The van der Waals surface area contributed by atoms with E-state index in [1.165, 1.54) is 70.6 Å². The Balaban J connectivity index is 1.71. The summed E-state index contributed by atoms with van der Waals surface area (Å²) in [5.41, 5.74) is 0. The fraction of sp³-hybridized carbons (Fsp3) is 0.755. The number of esters is 2. The molecule has 14 nitrogen and oxygen atoms in total. The van der Waals surface area contributed by atoms with Gasteiger partial charge in [0.15, 0.2) is 6.10 Å². The number of hydrogen-bond donors (Lipinski definition) is 6. The predicted octanol–water partition coefficient (Wildman–Crippen LogP) is 8.71. The number of allylic oxidation sites excluding steroid dienone is 9. The highest BCUT2D eigenvalue weighted by molar-refractivity contribution is 7.47. The minimum absolute atomic E-state index is 0.0318. The molecule has 1 saturated carbocycles. The van der Waals surface area contributed by atoms with Crippen molar-refractivity contribution in [2.45, 2.75) is 223 Å². The second-order valence-corrected chi connectivity index (χ2v) is 18.4. The highest BCUT2D eigenvalue weighted by Gasteiger charge is 2.51. The lowest BCUT2D eigenvalue weighted by molar-refractivity contribution is -0.220. The van der Waals surface area contributed by atoms with E-state index in [0.29, 0.717) is 31.5 Å². The molecule has 2 aliphatic rings. The van der Waals surface area contributed by atoms with E-state index < -0.39 is 75.7 Å². The third-order valence-electron chi connectivity index (χ3n) is 11.4. The summed E-state index contributed by atoms with van der Waals surface area (Å²) in [7, 11) is -5.14. The largest absolute Gasteiger partial charge is 0.472 e.